The predicted molar refractivity (Wildman–Crippen MR) is 402 cm³/mol. The molecule has 634 valence electrons. The van der Waals surface area contributed by atoms with E-state index in [0.717, 1.165) is 116 Å². The molecule has 0 unspecified atom stereocenters. The van der Waals surface area contributed by atoms with Crippen LogP contribution in [0.3, 0.4) is 0 Å². The van der Waals surface area contributed by atoms with E-state index >= 15 is 0 Å². The van der Waals surface area contributed by atoms with Crippen LogP contribution in [-0.4, -0.2) is 186 Å². The van der Waals surface area contributed by atoms with E-state index in [-0.39, 0.29) is 73.9 Å². The van der Waals surface area contributed by atoms with E-state index < -0.39 is 226 Å². The number of hydrogen-bond donors (Lipinski definition) is 16. The number of nitro groups is 1. The van der Waals surface area contributed by atoms with E-state index in [2.05, 4.69) is 80.1 Å². The molecule has 0 spiro atoms. The van der Waals surface area contributed by atoms with Gasteiger partial charge in [0.25, 0.3) is 56.3 Å². The zero-order valence-electron chi connectivity index (χ0n) is 58.8. The molecular formula is C61H45N15O37S8. The number of aromatic carboxylic acids is 2. The Hall–Kier alpha value is -13.2. The van der Waals surface area contributed by atoms with Gasteiger partial charge in [0.05, 0.1) is 96.2 Å². The number of fused-ring (bicyclic) bond motifs is 2. The largest absolute Gasteiger partial charge is 0.506 e. The Morgan fingerprint density at radius 3 is 1.39 bits per heavy atom. The molecule has 0 amide bonds. The topological polar surface area (TPSA) is 811 Å². The maximum atomic E-state index is 12.6. The molecule has 52 nitrogen and oxygen atoms in total. The van der Waals surface area contributed by atoms with Gasteiger partial charge in [0, 0.05) is 29.7 Å². The molecule has 2 heterocycles. The molecule has 11 aromatic rings. The lowest BCUT2D eigenvalue weighted by Gasteiger charge is -2.13. The van der Waals surface area contributed by atoms with Gasteiger partial charge in [0.2, 0.25) is 23.1 Å². The lowest BCUT2D eigenvalue weighted by atomic mass is 10.1. The number of carboxylic acid groups (broad SMARTS) is 2. The molecule has 0 aliphatic heterocycles. The van der Waals surface area contributed by atoms with Crippen molar-refractivity contribution in [3.8, 4) is 51.9 Å². The van der Waals surface area contributed by atoms with Crippen LogP contribution in [-0.2, 0) is 79.2 Å². The molecule has 0 aliphatic carbocycles. The predicted octanol–water partition coefficient (Wildman–Crippen LogP) is 11.5. The summed E-state index contributed by atoms with van der Waals surface area (Å²) in [6, 6.07) is 21.3. The number of carbonyl (C=O) groups is 2. The minimum absolute atomic E-state index is 0.00576. The standard InChI is InChI=1S/C32H21N9O22S5.C29H24N6O15S3/c42-29-24-13(9-21(65-63-61-50)25(29)36-35-19-8-4-16(41(47)48)12-22(19)67(54,55)56)10-23(68(57,58)59)26(30(24)43)37-34-18-7-1-14(11-20(18)64-62-60-49)33-38-27-28(32(45)46)39-40(31(27)44)15-2-5-17(6-3-15)66(51,52)53;1-50-21-12-19(20(37)13-22(21)51(42,43)9-8-36)31-32-24-23(53(47,48)49)10-14-2-3-15(11-18(14)27(24)38)30-33-25-26(29(40)41)34-35(28(25)39)16-4-6-17(7-5-16)52(44,45)46/h1-12,42-44,49-50H,(H,45,46)(H,51,52,53)(H,54,55,56)(H,57,58,59);2-7,10-13,36-39H,8-9H2,1H3,(H,40,41)(H,44,45,46)(H,47,48,49). The number of aliphatic hydroxyl groups excluding tert-OH is 1. The zero-order valence-corrected chi connectivity index (χ0v) is 65.4. The lowest BCUT2D eigenvalue weighted by Crippen LogP contribution is -2.11. The number of nitrogens with zero attached hydrogens (tertiary/aromatic N) is 15. The first-order chi connectivity index (χ1) is 56.7. The number of aliphatic hydroxyl groups is 1. The van der Waals surface area contributed by atoms with Gasteiger partial charge in [-0.3, -0.25) is 32.9 Å². The Kier molecular flexibility index (Phi) is 26.6. The number of ether oxygens (including phenoxy) is 1. The van der Waals surface area contributed by atoms with Crippen LogP contribution in [0, 0.1) is 10.1 Å². The first-order valence-electron chi connectivity index (χ1n) is 31.3. The number of sulfone groups is 1. The van der Waals surface area contributed by atoms with E-state index in [0.29, 0.717) is 21.5 Å². The van der Waals surface area contributed by atoms with Gasteiger partial charge < -0.3 is 50.7 Å². The van der Waals surface area contributed by atoms with Crippen LogP contribution in [0.15, 0.2) is 224 Å². The molecule has 0 atom stereocenters. The van der Waals surface area contributed by atoms with Crippen LogP contribution >= 0.6 is 24.1 Å². The van der Waals surface area contributed by atoms with Crippen molar-refractivity contribution in [2.75, 3.05) is 19.5 Å². The number of non-ortho nitro benzene ring substituents is 1. The van der Waals surface area contributed by atoms with Crippen LogP contribution in [0.1, 0.15) is 21.0 Å². The summed E-state index contributed by atoms with van der Waals surface area (Å²) in [6.07, 6.45) is 0. The molecule has 2 aromatic heterocycles. The average molecular weight is 1840 g/mol. The number of aromatic hydroxyl groups is 6. The van der Waals surface area contributed by atoms with Crippen molar-refractivity contribution in [3.63, 3.8) is 0 Å². The van der Waals surface area contributed by atoms with Crippen LogP contribution in [0.5, 0.6) is 40.5 Å². The highest BCUT2D eigenvalue weighted by molar-refractivity contribution is 7.95. The summed E-state index contributed by atoms with van der Waals surface area (Å²) < 4.78 is 208. The molecule has 0 aliphatic rings. The molecule has 0 bridgehead atoms. The number of carboxylic acids is 2. The SMILES string of the molecule is COc1cc(N=Nc2c(S(=O)(=O)O)cc3ccc(N=Nc4c(C(=O)O)nn(-c5ccc(S(=O)(=O)O)cc5)c4O)cc3c2O)c(O)cc1S(=O)(=O)CCO.O=C(O)c1nn(-c2ccc(S(=O)(=O)O)cc2)c(O)c1N=Nc1ccc(N=Nc2c(S(=O)(=O)O)cc3cc(SOOO)c(N=Nc4ccc([N+](=O)[O-])cc4S(=O)(=O)O)c(O)c3c2O)c(SOOO)c1. The molecule has 0 fully saturated rings. The lowest BCUT2D eigenvalue weighted by molar-refractivity contribution is -0.432. The molecule has 16 N–H and O–H groups in total. The summed E-state index contributed by atoms with van der Waals surface area (Å²) in [6.45, 7) is -0.730. The molecule has 0 radical (unpaired) electrons. The summed E-state index contributed by atoms with van der Waals surface area (Å²) in [5.74, 6) is -10.1. The molecule has 9 aromatic carbocycles. The number of methoxy groups -OCH3 is 1. The maximum absolute atomic E-state index is 12.6. The van der Waals surface area contributed by atoms with Crippen LogP contribution in [0.25, 0.3) is 32.9 Å². The van der Waals surface area contributed by atoms with E-state index in [1.807, 2.05) is 0 Å². The number of hydrogen-bond acceptors (Lipinski definition) is 44. The molecule has 11 rings (SSSR count). The summed E-state index contributed by atoms with van der Waals surface area (Å²) in [5, 5.41) is 174. The fraction of sp³-hybridized carbons (Fsp3) is 0.0492. The number of rotatable bonds is 30. The third-order valence-corrected chi connectivity index (χ3v) is 22.9. The van der Waals surface area contributed by atoms with Crippen LogP contribution < -0.4 is 4.74 Å². The van der Waals surface area contributed by atoms with Crippen molar-refractivity contribution >= 4 is 181 Å². The highest BCUT2D eigenvalue weighted by Crippen LogP contribution is 2.53. The normalized spacial score (nSPS) is 12.6. The van der Waals surface area contributed by atoms with E-state index in [9.17, 15) is 134 Å². The highest BCUT2D eigenvalue weighted by atomic mass is 32.2. The maximum Gasteiger partial charge on any atom is 0.358 e. The van der Waals surface area contributed by atoms with Crippen molar-refractivity contribution in [2.24, 2.45) is 51.1 Å². The highest BCUT2D eigenvalue weighted by Gasteiger charge is 2.32. The second-order valence-electron chi connectivity index (χ2n) is 23.1. The molecule has 121 heavy (non-hydrogen) atoms. The van der Waals surface area contributed by atoms with E-state index in [1.54, 1.807) is 0 Å². The Labute approximate surface area is 680 Å². The van der Waals surface area contributed by atoms with Crippen LogP contribution in [0.4, 0.5) is 62.6 Å². The number of benzene rings is 9. The Balaban J connectivity index is 0.000000262. The van der Waals surface area contributed by atoms with Gasteiger partial charge in [0.1, 0.15) is 65.2 Å². The van der Waals surface area contributed by atoms with E-state index in [4.69, 9.17) is 20.4 Å². The van der Waals surface area contributed by atoms with Gasteiger partial charge >= 0.3 is 11.9 Å². The van der Waals surface area contributed by atoms with Crippen molar-refractivity contribution in [3.05, 3.63) is 155 Å². The van der Waals surface area contributed by atoms with E-state index in [1.165, 1.54) is 12.1 Å². The van der Waals surface area contributed by atoms with Crippen molar-refractivity contribution in [2.45, 2.75) is 39.2 Å². The molecule has 60 heteroatoms. The number of aromatic nitrogens is 4. The Bertz CT molecular complexity index is 6980. The third kappa shape index (κ3) is 20.2. The summed E-state index contributed by atoms with van der Waals surface area (Å²) in [5.41, 5.74) is -8.36. The van der Waals surface area contributed by atoms with Crippen molar-refractivity contribution in [1.29, 1.82) is 0 Å². The summed E-state index contributed by atoms with van der Waals surface area (Å²) in [7, 11) is -27.8. The number of phenols is 4. The minimum atomic E-state index is -5.36. The molecule has 0 saturated carbocycles. The Morgan fingerprint density at radius 1 is 0.463 bits per heavy atom. The van der Waals surface area contributed by atoms with Gasteiger partial charge in [0.15, 0.2) is 38.5 Å². The average Bonchev–Trinajstić information content (AvgIpc) is 1.72. The minimum Gasteiger partial charge on any atom is -0.506 e. The first-order valence-corrected chi connectivity index (χ1v) is 41.6. The third-order valence-electron chi connectivity index (χ3n) is 15.6. The molecular weight excluding hydrogens is 1790 g/mol. The first kappa shape index (κ1) is 90.1. The second-order valence-corrected chi connectivity index (χ2v) is 33.7. The van der Waals surface area contributed by atoms with Gasteiger partial charge in [-0.05, 0) is 114 Å². The number of phenolic OH excluding ortho intramolecular Hbond substituents is 4. The monoisotopic (exact) mass is 1830 g/mol. The van der Waals surface area contributed by atoms with Gasteiger partial charge in [-0.1, -0.05) is 16.1 Å². The van der Waals surface area contributed by atoms with Crippen molar-refractivity contribution < 1.29 is 168 Å². The summed E-state index contributed by atoms with van der Waals surface area (Å²) >= 11 is 0.272. The summed E-state index contributed by atoms with van der Waals surface area (Å²) in [4.78, 5) is 28.8. The number of nitro benzene ring substituents is 1. The van der Waals surface area contributed by atoms with Crippen molar-refractivity contribution in [1.82, 2.24) is 19.6 Å². The fourth-order valence-corrected chi connectivity index (χ4v) is 15.3. The fourth-order valence-electron chi connectivity index (χ4n) is 10.3. The van der Waals surface area contributed by atoms with Crippen LogP contribution in [0.2, 0.25) is 0 Å². The molecule has 0 saturated heterocycles. The zero-order chi connectivity index (χ0) is 88.9. The quantitative estimate of drug-likeness (QED) is 0.00496. The van der Waals surface area contributed by atoms with Gasteiger partial charge in [-0.25, -0.2) is 28.5 Å². The Morgan fingerprint density at radius 2 is 0.909 bits per heavy atom. The van der Waals surface area contributed by atoms with Gasteiger partial charge in [-0.2, -0.15) is 71.9 Å². The van der Waals surface area contributed by atoms with Gasteiger partial charge in [-0.15, -0.1) is 49.6 Å². The number of azo groups is 5. The second kappa shape index (κ2) is 35.8. The smallest absolute Gasteiger partial charge is 0.358 e.